The second-order valence-corrected chi connectivity index (χ2v) is 12.6. The molecule has 1 aromatic carbocycles. The van der Waals surface area contributed by atoms with Gasteiger partial charge in [-0.05, 0) is 51.0 Å². The van der Waals surface area contributed by atoms with E-state index in [4.69, 9.17) is 0 Å². The molecule has 37 heavy (non-hydrogen) atoms. The Morgan fingerprint density at radius 1 is 1.30 bits per heavy atom. The summed E-state index contributed by atoms with van der Waals surface area (Å²) in [5.74, 6) is -1.69. The molecule has 0 unspecified atom stereocenters. The molecule has 1 aliphatic carbocycles. The summed E-state index contributed by atoms with van der Waals surface area (Å²) in [7, 11) is 0. The van der Waals surface area contributed by atoms with Crippen molar-refractivity contribution >= 4 is 40.8 Å². The zero-order valence-electron chi connectivity index (χ0n) is 21.4. The van der Waals surface area contributed by atoms with E-state index in [1.165, 1.54) is 16.7 Å². The van der Waals surface area contributed by atoms with Gasteiger partial charge in [-0.1, -0.05) is 24.3 Å². The summed E-state index contributed by atoms with van der Waals surface area (Å²) >= 11 is 2.93. The van der Waals surface area contributed by atoms with Crippen LogP contribution in [0.2, 0.25) is 0 Å². The van der Waals surface area contributed by atoms with E-state index in [9.17, 15) is 23.9 Å². The normalized spacial score (nSPS) is 21.4. The van der Waals surface area contributed by atoms with Crippen LogP contribution in [0.3, 0.4) is 0 Å². The number of aromatic nitrogens is 1. The van der Waals surface area contributed by atoms with Gasteiger partial charge in [0, 0.05) is 24.3 Å². The van der Waals surface area contributed by atoms with Crippen molar-refractivity contribution < 1.29 is 23.9 Å². The highest BCUT2D eigenvalue weighted by Gasteiger charge is 2.53. The monoisotopic (exact) mass is 548 g/mol. The number of aryl methyl sites for hydroxylation is 1. The lowest BCUT2D eigenvalue weighted by Crippen LogP contribution is -2.60. The predicted octanol–water partition coefficient (Wildman–Crippen LogP) is 2.83. The summed E-state index contributed by atoms with van der Waals surface area (Å²) < 4.78 is 13.6. The minimum Gasteiger partial charge on any atom is -0.391 e. The van der Waals surface area contributed by atoms with Crippen molar-refractivity contribution in [3.05, 3.63) is 41.0 Å². The maximum Gasteiger partial charge on any atom is 0.258 e. The first-order valence-electron chi connectivity index (χ1n) is 12.3. The number of alkyl halides is 1. The van der Waals surface area contributed by atoms with Crippen molar-refractivity contribution in [2.24, 2.45) is 0 Å². The lowest BCUT2D eigenvalue weighted by molar-refractivity contribution is -0.143. The summed E-state index contributed by atoms with van der Waals surface area (Å²) in [4.78, 5) is 45.9. The first-order chi connectivity index (χ1) is 17.4. The summed E-state index contributed by atoms with van der Waals surface area (Å²) in [6.07, 6.45) is 1.30. The van der Waals surface area contributed by atoms with Crippen molar-refractivity contribution in [3.63, 3.8) is 0 Å². The lowest BCUT2D eigenvalue weighted by atomic mass is 10.00. The average molecular weight is 549 g/mol. The van der Waals surface area contributed by atoms with Gasteiger partial charge in [-0.2, -0.15) is 11.8 Å². The van der Waals surface area contributed by atoms with Crippen molar-refractivity contribution in [1.29, 1.82) is 0 Å². The van der Waals surface area contributed by atoms with Gasteiger partial charge >= 0.3 is 0 Å². The van der Waals surface area contributed by atoms with Gasteiger partial charge in [-0.25, -0.2) is 9.37 Å². The third kappa shape index (κ3) is 5.99. The maximum atomic E-state index is 14.4. The Morgan fingerprint density at radius 3 is 2.54 bits per heavy atom. The van der Waals surface area contributed by atoms with Crippen LogP contribution < -0.4 is 10.6 Å². The fraction of sp³-hybridized carbons (Fsp3) is 0.538. The van der Waals surface area contributed by atoms with E-state index in [1.807, 2.05) is 31.2 Å². The van der Waals surface area contributed by atoms with Gasteiger partial charge < -0.3 is 20.6 Å². The van der Waals surface area contributed by atoms with E-state index >= 15 is 0 Å². The number of halogens is 1. The molecule has 200 valence electrons. The molecular formula is C26H33FN4O4S2. The van der Waals surface area contributed by atoms with E-state index in [1.54, 1.807) is 37.0 Å². The fourth-order valence-electron chi connectivity index (χ4n) is 4.38. The molecule has 2 aliphatic rings. The van der Waals surface area contributed by atoms with Crippen LogP contribution in [0.1, 0.15) is 44.4 Å². The third-order valence-corrected chi connectivity index (χ3v) is 9.40. The zero-order chi connectivity index (χ0) is 27.0. The molecule has 3 amide bonds. The molecule has 1 aromatic heterocycles. The highest BCUT2D eigenvalue weighted by molar-refractivity contribution is 8.00. The molecule has 4 rings (SSSR count). The van der Waals surface area contributed by atoms with Gasteiger partial charge in [-0.3, -0.25) is 14.4 Å². The van der Waals surface area contributed by atoms with Crippen LogP contribution in [-0.4, -0.2) is 74.1 Å². The van der Waals surface area contributed by atoms with Gasteiger partial charge in [0.05, 0.1) is 22.2 Å². The standard InChI is InChI=1S/C26H33FN4O4S2/c1-15-20(37-14-29-15)17-7-5-16(6-8-17)12-28-22(33)19-11-18(32)13-31(19)23(34)21(25(2,3)36-4)30-24(35)26(27)9-10-26/h5-8,14,18-19,21,32H,9-13H2,1-4H3,(H,28,33)(H,30,35)/t18-,19-,21+/m0/s1. The molecule has 0 radical (unpaired) electrons. The number of hydrogen-bond donors (Lipinski definition) is 3. The largest absolute Gasteiger partial charge is 0.391 e. The van der Waals surface area contributed by atoms with Gasteiger partial charge in [0.1, 0.15) is 12.1 Å². The molecule has 3 N–H and O–H groups in total. The van der Waals surface area contributed by atoms with Crippen molar-refractivity contribution in [2.75, 3.05) is 12.8 Å². The number of likely N-dealkylation sites (tertiary alicyclic amines) is 1. The highest BCUT2D eigenvalue weighted by Crippen LogP contribution is 2.40. The lowest BCUT2D eigenvalue weighted by Gasteiger charge is -2.36. The van der Waals surface area contributed by atoms with E-state index in [2.05, 4.69) is 15.6 Å². The maximum absolute atomic E-state index is 14.4. The number of nitrogens with zero attached hydrogens (tertiary/aromatic N) is 2. The molecule has 1 saturated heterocycles. The number of rotatable bonds is 9. The molecule has 1 aliphatic heterocycles. The number of carbonyl (C=O) groups is 3. The number of nitrogens with one attached hydrogen (secondary N) is 2. The Kier molecular flexibility index (Phi) is 7.96. The van der Waals surface area contributed by atoms with Gasteiger partial charge in [0.25, 0.3) is 5.91 Å². The van der Waals surface area contributed by atoms with E-state index in [0.717, 1.165) is 21.7 Å². The summed E-state index contributed by atoms with van der Waals surface area (Å²) in [6, 6.07) is 5.88. The SMILES string of the molecule is CSC(C)(C)[C@H](NC(=O)C1(F)CC1)C(=O)N1C[C@@H](O)C[C@H]1C(=O)NCc1ccc(-c2scnc2C)cc1. The van der Waals surface area contributed by atoms with Crippen molar-refractivity contribution in [3.8, 4) is 10.4 Å². The van der Waals surface area contributed by atoms with E-state index in [-0.39, 0.29) is 38.3 Å². The summed E-state index contributed by atoms with van der Waals surface area (Å²) in [5, 5.41) is 15.8. The van der Waals surface area contributed by atoms with Crippen LogP contribution in [0, 0.1) is 6.92 Å². The number of aliphatic hydroxyl groups is 1. The topological polar surface area (TPSA) is 112 Å². The Bertz CT molecular complexity index is 1170. The number of aliphatic hydroxyl groups excluding tert-OH is 1. The predicted molar refractivity (Wildman–Crippen MR) is 143 cm³/mol. The van der Waals surface area contributed by atoms with Gasteiger partial charge in [0.15, 0.2) is 5.67 Å². The van der Waals surface area contributed by atoms with E-state index < -0.39 is 40.4 Å². The van der Waals surface area contributed by atoms with Crippen LogP contribution in [0.15, 0.2) is 29.8 Å². The number of amides is 3. The van der Waals surface area contributed by atoms with E-state index in [0.29, 0.717) is 0 Å². The molecule has 3 atom stereocenters. The average Bonchev–Trinajstić information content (AvgIpc) is 3.29. The summed E-state index contributed by atoms with van der Waals surface area (Å²) in [5.41, 5.74) is 2.79. The second-order valence-electron chi connectivity index (χ2n) is 10.3. The first-order valence-corrected chi connectivity index (χ1v) is 14.4. The molecule has 0 bridgehead atoms. The van der Waals surface area contributed by atoms with Crippen molar-refractivity contribution in [1.82, 2.24) is 20.5 Å². The van der Waals surface area contributed by atoms with Crippen LogP contribution in [-0.2, 0) is 20.9 Å². The fourth-order valence-corrected chi connectivity index (χ4v) is 5.59. The molecule has 11 heteroatoms. The smallest absolute Gasteiger partial charge is 0.258 e. The van der Waals surface area contributed by atoms with Crippen LogP contribution in [0.5, 0.6) is 0 Å². The molecule has 1 saturated carbocycles. The number of carbonyl (C=O) groups excluding carboxylic acids is 3. The zero-order valence-corrected chi connectivity index (χ0v) is 23.0. The van der Waals surface area contributed by atoms with Crippen LogP contribution in [0.4, 0.5) is 4.39 Å². The molecule has 0 spiro atoms. The molecule has 2 fully saturated rings. The molecular weight excluding hydrogens is 515 g/mol. The Hall–Kier alpha value is -2.50. The number of β-amino-alcohol motifs (C(OH)–C–C–N with tert-alkyl or cyclic N) is 1. The minimum absolute atomic E-state index is 0.0303. The van der Waals surface area contributed by atoms with Gasteiger partial charge in [-0.15, -0.1) is 11.3 Å². The number of thiazole rings is 1. The Labute approximate surface area is 224 Å². The Balaban J connectivity index is 1.43. The quantitative estimate of drug-likeness (QED) is 0.445. The first kappa shape index (κ1) is 27.5. The second kappa shape index (κ2) is 10.7. The summed E-state index contributed by atoms with van der Waals surface area (Å²) in [6.45, 7) is 5.77. The van der Waals surface area contributed by atoms with Crippen LogP contribution in [0.25, 0.3) is 10.4 Å². The number of thioether (sulfide) groups is 1. The Morgan fingerprint density at radius 2 is 1.97 bits per heavy atom. The van der Waals surface area contributed by atoms with Crippen LogP contribution >= 0.6 is 23.1 Å². The van der Waals surface area contributed by atoms with Gasteiger partial charge in [0.2, 0.25) is 11.8 Å². The minimum atomic E-state index is -1.93. The number of hydrogen-bond acceptors (Lipinski definition) is 7. The molecule has 8 nitrogen and oxygen atoms in total. The third-order valence-electron chi connectivity index (χ3n) is 7.13. The van der Waals surface area contributed by atoms with Crippen molar-refractivity contribution in [2.45, 2.75) is 75.2 Å². The highest BCUT2D eigenvalue weighted by atomic mass is 32.2. The number of benzene rings is 1. The molecule has 2 heterocycles. The molecule has 2 aromatic rings.